The standard InChI is InChI=1S/C16H26FN3O/c1-12(2)20(13(3)4)10-9-18-11-16(21)19-15-7-5-14(17)6-8-15/h5-8,12-13,18H,9-11H2,1-4H3,(H,19,21). The number of anilines is 1. The number of carbonyl (C=O) groups is 1. The first-order chi connectivity index (χ1) is 9.90. The van der Waals surface area contributed by atoms with E-state index in [1.54, 1.807) is 12.1 Å². The van der Waals surface area contributed by atoms with Gasteiger partial charge in [-0.1, -0.05) is 0 Å². The van der Waals surface area contributed by atoms with E-state index in [9.17, 15) is 9.18 Å². The van der Waals surface area contributed by atoms with E-state index in [2.05, 4.69) is 43.2 Å². The average Bonchev–Trinajstić information content (AvgIpc) is 2.40. The van der Waals surface area contributed by atoms with Crippen molar-refractivity contribution < 1.29 is 9.18 Å². The van der Waals surface area contributed by atoms with Gasteiger partial charge >= 0.3 is 0 Å². The lowest BCUT2D eigenvalue weighted by atomic mass is 10.2. The van der Waals surface area contributed by atoms with E-state index in [1.165, 1.54) is 12.1 Å². The molecule has 21 heavy (non-hydrogen) atoms. The zero-order chi connectivity index (χ0) is 15.8. The van der Waals surface area contributed by atoms with Gasteiger partial charge in [-0.2, -0.15) is 0 Å². The fourth-order valence-corrected chi connectivity index (χ4v) is 2.26. The quantitative estimate of drug-likeness (QED) is 0.724. The van der Waals surface area contributed by atoms with Crippen molar-refractivity contribution in [2.75, 3.05) is 25.0 Å². The van der Waals surface area contributed by atoms with Crippen molar-refractivity contribution >= 4 is 11.6 Å². The number of hydrogen-bond donors (Lipinski definition) is 2. The molecule has 1 rings (SSSR count). The summed E-state index contributed by atoms with van der Waals surface area (Å²) in [7, 11) is 0. The van der Waals surface area contributed by atoms with Gasteiger partial charge in [0.15, 0.2) is 0 Å². The molecule has 0 aliphatic rings. The van der Waals surface area contributed by atoms with Crippen LogP contribution in [0, 0.1) is 5.82 Å². The SMILES string of the molecule is CC(C)N(CCNCC(=O)Nc1ccc(F)cc1)C(C)C. The summed E-state index contributed by atoms with van der Waals surface area (Å²) in [5.41, 5.74) is 0.606. The van der Waals surface area contributed by atoms with Crippen molar-refractivity contribution in [1.82, 2.24) is 10.2 Å². The zero-order valence-electron chi connectivity index (χ0n) is 13.3. The summed E-state index contributed by atoms with van der Waals surface area (Å²) in [6.45, 7) is 10.6. The van der Waals surface area contributed by atoms with Crippen molar-refractivity contribution in [3.63, 3.8) is 0 Å². The van der Waals surface area contributed by atoms with Crippen molar-refractivity contribution in [3.8, 4) is 0 Å². The van der Waals surface area contributed by atoms with Crippen LogP contribution >= 0.6 is 0 Å². The third-order valence-electron chi connectivity index (χ3n) is 3.29. The fourth-order valence-electron chi connectivity index (χ4n) is 2.26. The number of rotatable bonds is 8. The molecular formula is C16H26FN3O. The third kappa shape index (κ3) is 6.69. The normalized spacial score (nSPS) is 11.4. The predicted molar refractivity (Wildman–Crippen MR) is 84.9 cm³/mol. The van der Waals surface area contributed by atoms with Gasteiger partial charge in [-0.15, -0.1) is 0 Å². The Morgan fingerprint density at radius 2 is 1.71 bits per heavy atom. The number of benzene rings is 1. The maximum absolute atomic E-state index is 12.7. The van der Waals surface area contributed by atoms with Gasteiger partial charge in [-0.05, 0) is 52.0 Å². The van der Waals surface area contributed by atoms with Gasteiger partial charge in [0.25, 0.3) is 0 Å². The minimum absolute atomic E-state index is 0.123. The maximum atomic E-state index is 12.7. The molecule has 4 nitrogen and oxygen atoms in total. The molecule has 1 aromatic rings. The van der Waals surface area contributed by atoms with Crippen LogP contribution in [-0.4, -0.2) is 42.5 Å². The molecule has 0 fully saturated rings. The maximum Gasteiger partial charge on any atom is 0.238 e. The monoisotopic (exact) mass is 295 g/mol. The minimum Gasteiger partial charge on any atom is -0.325 e. The Balaban J connectivity index is 2.26. The molecule has 0 bridgehead atoms. The van der Waals surface area contributed by atoms with Crippen LogP contribution in [0.25, 0.3) is 0 Å². The Morgan fingerprint density at radius 3 is 2.24 bits per heavy atom. The van der Waals surface area contributed by atoms with Crippen molar-refractivity contribution in [2.24, 2.45) is 0 Å². The summed E-state index contributed by atoms with van der Waals surface area (Å²) >= 11 is 0. The van der Waals surface area contributed by atoms with E-state index >= 15 is 0 Å². The summed E-state index contributed by atoms with van der Waals surface area (Å²) in [6.07, 6.45) is 0. The van der Waals surface area contributed by atoms with Gasteiger partial charge in [0, 0.05) is 30.9 Å². The molecule has 5 heteroatoms. The molecule has 0 saturated carbocycles. The van der Waals surface area contributed by atoms with Gasteiger partial charge in [0.2, 0.25) is 5.91 Å². The molecule has 0 aromatic heterocycles. The van der Waals surface area contributed by atoms with Crippen molar-refractivity contribution in [2.45, 2.75) is 39.8 Å². The van der Waals surface area contributed by atoms with Crippen LogP contribution in [0.2, 0.25) is 0 Å². The summed E-state index contributed by atoms with van der Waals surface area (Å²) in [5, 5.41) is 5.85. The first-order valence-corrected chi connectivity index (χ1v) is 7.42. The lowest BCUT2D eigenvalue weighted by molar-refractivity contribution is -0.115. The highest BCUT2D eigenvalue weighted by Crippen LogP contribution is 2.07. The van der Waals surface area contributed by atoms with Crippen LogP contribution in [0.1, 0.15) is 27.7 Å². The molecule has 0 heterocycles. The second kappa shape index (κ2) is 8.74. The topological polar surface area (TPSA) is 44.4 Å². The van der Waals surface area contributed by atoms with E-state index in [-0.39, 0.29) is 18.3 Å². The smallest absolute Gasteiger partial charge is 0.238 e. The highest BCUT2D eigenvalue weighted by atomic mass is 19.1. The fraction of sp³-hybridized carbons (Fsp3) is 0.562. The molecule has 0 unspecified atom stereocenters. The molecule has 0 aliphatic carbocycles. The lowest BCUT2D eigenvalue weighted by Gasteiger charge is -2.30. The van der Waals surface area contributed by atoms with Crippen LogP contribution in [0.5, 0.6) is 0 Å². The van der Waals surface area contributed by atoms with E-state index in [1.807, 2.05) is 0 Å². The van der Waals surface area contributed by atoms with Gasteiger partial charge in [0.1, 0.15) is 5.82 Å². The first kappa shape index (κ1) is 17.6. The third-order valence-corrected chi connectivity index (χ3v) is 3.29. The number of nitrogens with one attached hydrogen (secondary N) is 2. The Bertz CT molecular complexity index is 424. The lowest BCUT2D eigenvalue weighted by Crippen LogP contribution is -2.42. The molecule has 0 spiro atoms. The van der Waals surface area contributed by atoms with E-state index < -0.39 is 0 Å². The molecule has 118 valence electrons. The summed E-state index contributed by atoms with van der Waals surface area (Å²) in [5.74, 6) is -0.434. The van der Waals surface area contributed by atoms with Crippen LogP contribution < -0.4 is 10.6 Å². The van der Waals surface area contributed by atoms with Crippen molar-refractivity contribution in [3.05, 3.63) is 30.1 Å². The Labute approximate surface area is 126 Å². The highest BCUT2D eigenvalue weighted by Gasteiger charge is 2.12. The largest absolute Gasteiger partial charge is 0.325 e. The van der Waals surface area contributed by atoms with Crippen LogP contribution in [-0.2, 0) is 4.79 Å². The number of hydrogen-bond acceptors (Lipinski definition) is 3. The van der Waals surface area contributed by atoms with E-state index in [4.69, 9.17) is 0 Å². The van der Waals surface area contributed by atoms with Crippen LogP contribution in [0.4, 0.5) is 10.1 Å². The van der Waals surface area contributed by atoms with Gasteiger partial charge in [0.05, 0.1) is 6.54 Å². The second-order valence-electron chi connectivity index (χ2n) is 5.66. The first-order valence-electron chi connectivity index (χ1n) is 7.42. The van der Waals surface area contributed by atoms with Crippen LogP contribution in [0.3, 0.4) is 0 Å². The number of nitrogens with zero attached hydrogens (tertiary/aromatic N) is 1. The molecule has 0 saturated heterocycles. The molecule has 0 aliphatic heterocycles. The number of carbonyl (C=O) groups excluding carboxylic acids is 1. The molecular weight excluding hydrogens is 269 g/mol. The molecule has 0 radical (unpaired) electrons. The Morgan fingerprint density at radius 1 is 1.14 bits per heavy atom. The van der Waals surface area contributed by atoms with Gasteiger partial charge in [-0.25, -0.2) is 4.39 Å². The minimum atomic E-state index is -0.311. The van der Waals surface area contributed by atoms with Gasteiger partial charge in [-0.3, -0.25) is 9.69 Å². The Kier molecular flexibility index (Phi) is 7.32. The Hall–Kier alpha value is -1.46. The van der Waals surface area contributed by atoms with Crippen LogP contribution in [0.15, 0.2) is 24.3 Å². The molecule has 2 N–H and O–H groups in total. The zero-order valence-corrected chi connectivity index (χ0v) is 13.3. The number of amides is 1. The molecule has 1 aromatic carbocycles. The van der Waals surface area contributed by atoms with E-state index in [0.29, 0.717) is 17.8 Å². The molecule has 0 atom stereocenters. The average molecular weight is 295 g/mol. The highest BCUT2D eigenvalue weighted by molar-refractivity contribution is 5.92. The van der Waals surface area contributed by atoms with E-state index in [0.717, 1.165) is 13.1 Å². The summed E-state index contributed by atoms with van der Waals surface area (Å²) < 4.78 is 12.7. The summed E-state index contributed by atoms with van der Waals surface area (Å²) in [4.78, 5) is 14.1. The van der Waals surface area contributed by atoms with Crippen molar-refractivity contribution in [1.29, 1.82) is 0 Å². The molecule has 1 amide bonds. The van der Waals surface area contributed by atoms with Gasteiger partial charge < -0.3 is 10.6 Å². The summed E-state index contributed by atoms with van der Waals surface area (Å²) in [6, 6.07) is 6.72. The second-order valence-corrected chi connectivity index (χ2v) is 5.66. The number of halogens is 1. The predicted octanol–water partition coefficient (Wildman–Crippen LogP) is 2.47.